The largest absolute Gasteiger partial charge is 0.341 e. The van der Waals surface area contributed by atoms with E-state index >= 15 is 0 Å². The van der Waals surface area contributed by atoms with E-state index in [1.54, 1.807) is 24.4 Å². The van der Waals surface area contributed by atoms with Crippen LogP contribution in [-0.2, 0) is 4.79 Å². The predicted molar refractivity (Wildman–Crippen MR) is 67.2 cm³/mol. The van der Waals surface area contributed by atoms with Gasteiger partial charge in [-0.1, -0.05) is 6.07 Å². The van der Waals surface area contributed by atoms with Gasteiger partial charge in [0.25, 0.3) is 5.91 Å². The van der Waals surface area contributed by atoms with Crippen LogP contribution < -0.4 is 5.32 Å². The Morgan fingerprint density at radius 1 is 1.50 bits per heavy atom. The molecule has 1 amide bonds. The summed E-state index contributed by atoms with van der Waals surface area (Å²) in [6, 6.07) is 5.03. The minimum absolute atomic E-state index is 0.0554. The highest BCUT2D eigenvalue weighted by atomic mass is 16.2. The van der Waals surface area contributed by atoms with E-state index in [4.69, 9.17) is 0 Å². The number of nitrogens with one attached hydrogen (secondary N) is 1. The number of hydrogen-bond acceptors (Lipinski definition) is 4. The summed E-state index contributed by atoms with van der Waals surface area (Å²) in [6.45, 7) is 2.43. The van der Waals surface area contributed by atoms with Crippen LogP contribution in [0.2, 0.25) is 0 Å². The van der Waals surface area contributed by atoms with E-state index in [1.807, 2.05) is 18.9 Å². The molecule has 1 aromatic heterocycles. The molecule has 5 heteroatoms. The van der Waals surface area contributed by atoms with Gasteiger partial charge in [0.05, 0.1) is 12.6 Å². The van der Waals surface area contributed by atoms with Gasteiger partial charge in [0.1, 0.15) is 5.69 Å². The third kappa shape index (κ3) is 2.73. The van der Waals surface area contributed by atoms with Crippen LogP contribution in [0.15, 0.2) is 24.4 Å². The van der Waals surface area contributed by atoms with Crippen LogP contribution in [-0.4, -0.2) is 47.3 Å². The van der Waals surface area contributed by atoms with Gasteiger partial charge in [0, 0.05) is 12.2 Å². The van der Waals surface area contributed by atoms with Gasteiger partial charge < -0.3 is 5.32 Å². The highest BCUT2D eigenvalue weighted by Crippen LogP contribution is 2.13. The fourth-order valence-corrected chi connectivity index (χ4v) is 2.03. The summed E-state index contributed by atoms with van der Waals surface area (Å²) < 4.78 is 0. The third-order valence-corrected chi connectivity index (χ3v) is 3.33. The van der Waals surface area contributed by atoms with Crippen molar-refractivity contribution in [1.82, 2.24) is 15.2 Å². The van der Waals surface area contributed by atoms with E-state index in [0.717, 1.165) is 0 Å². The molecular weight excluding hydrogens is 230 g/mol. The maximum absolute atomic E-state index is 11.9. The number of carbonyl (C=O) groups excluding carboxylic acids is 2. The SMILES string of the molecule is CC1CC(NC(=O)c2ccccn2)C(=O)CN1C. The zero-order chi connectivity index (χ0) is 13.1. The average molecular weight is 247 g/mol. The van der Waals surface area contributed by atoms with Crippen LogP contribution in [0.5, 0.6) is 0 Å². The highest BCUT2D eigenvalue weighted by Gasteiger charge is 2.31. The first-order chi connectivity index (χ1) is 8.58. The van der Waals surface area contributed by atoms with Gasteiger partial charge in [-0.15, -0.1) is 0 Å². The van der Waals surface area contributed by atoms with E-state index in [0.29, 0.717) is 18.7 Å². The van der Waals surface area contributed by atoms with Gasteiger partial charge in [-0.2, -0.15) is 0 Å². The molecule has 0 aromatic carbocycles. The Hall–Kier alpha value is -1.75. The molecule has 96 valence electrons. The van der Waals surface area contributed by atoms with Crippen molar-refractivity contribution in [1.29, 1.82) is 0 Å². The van der Waals surface area contributed by atoms with E-state index in [1.165, 1.54) is 0 Å². The number of rotatable bonds is 2. The zero-order valence-electron chi connectivity index (χ0n) is 10.6. The topological polar surface area (TPSA) is 62.3 Å². The maximum atomic E-state index is 11.9. The summed E-state index contributed by atoms with van der Waals surface area (Å²) >= 11 is 0. The fourth-order valence-electron chi connectivity index (χ4n) is 2.03. The second-order valence-corrected chi connectivity index (χ2v) is 4.71. The number of carbonyl (C=O) groups is 2. The first-order valence-electron chi connectivity index (χ1n) is 6.03. The zero-order valence-corrected chi connectivity index (χ0v) is 10.6. The lowest BCUT2D eigenvalue weighted by molar-refractivity contribution is -0.125. The van der Waals surface area contributed by atoms with E-state index in [2.05, 4.69) is 10.3 Å². The highest BCUT2D eigenvalue weighted by molar-refractivity contribution is 5.97. The maximum Gasteiger partial charge on any atom is 0.270 e. The Kier molecular flexibility index (Phi) is 3.72. The number of hydrogen-bond donors (Lipinski definition) is 1. The number of likely N-dealkylation sites (tertiary alicyclic amines) is 1. The molecule has 1 saturated heterocycles. The second-order valence-electron chi connectivity index (χ2n) is 4.71. The molecule has 1 N–H and O–H groups in total. The molecule has 0 saturated carbocycles. The van der Waals surface area contributed by atoms with E-state index < -0.39 is 6.04 Å². The van der Waals surface area contributed by atoms with Crippen LogP contribution >= 0.6 is 0 Å². The van der Waals surface area contributed by atoms with Crippen LogP contribution in [0.3, 0.4) is 0 Å². The smallest absolute Gasteiger partial charge is 0.270 e. The molecule has 2 unspecified atom stereocenters. The lowest BCUT2D eigenvalue weighted by atomic mass is 9.97. The van der Waals surface area contributed by atoms with Gasteiger partial charge in [-0.25, -0.2) is 0 Å². The second kappa shape index (κ2) is 5.27. The number of ketones is 1. The van der Waals surface area contributed by atoms with Gasteiger partial charge in [-0.3, -0.25) is 19.5 Å². The summed E-state index contributed by atoms with van der Waals surface area (Å²) in [5, 5.41) is 2.76. The summed E-state index contributed by atoms with van der Waals surface area (Å²) in [6.07, 6.45) is 2.21. The number of aromatic nitrogens is 1. The number of pyridine rings is 1. The summed E-state index contributed by atoms with van der Waals surface area (Å²) in [7, 11) is 1.92. The molecule has 1 aliphatic heterocycles. The molecule has 2 rings (SSSR count). The molecule has 2 atom stereocenters. The molecular formula is C13H17N3O2. The molecule has 1 aromatic rings. The van der Waals surface area contributed by atoms with Crippen molar-refractivity contribution >= 4 is 11.7 Å². The summed E-state index contributed by atoms with van der Waals surface area (Å²) in [5.74, 6) is -0.231. The molecule has 1 fully saturated rings. The lowest BCUT2D eigenvalue weighted by Crippen LogP contribution is -2.53. The first-order valence-corrected chi connectivity index (χ1v) is 6.03. The summed E-state index contributed by atoms with van der Waals surface area (Å²) in [4.78, 5) is 29.7. The summed E-state index contributed by atoms with van der Waals surface area (Å²) in [5.41, 5.74) is 0.344. The van der Waals surface area contributed by atoms with Crippen molar-refractivity contribution < 1.29 is 9.59 Å². The molecule has 5 nitrogen and oxygen atoms in total. The Bertz CT molecular complexity index is 447. The predicted octanol–water partition coefficient (Wildman–Crippen LogP) is 0.473. The number of nitrogens with zero attached hydrogens (tertiary/aromatic N) is 2. The first kappa shape index (κ1) is 12.7. The monoisotopic (exact) mass is 247 g/mol. The molecule has 2 heterocycles. The van der Waals surface area contributed by atoms with Crippen molar-refractivity contribution in [2.24, 2.45) is 0 Å². The Labute approximate surface area is 106 Å². The van der Waals surface area contributed by atoms with Crippen molar-refractivity contribution in [3.8, 4) is 0 Å². The minimum Gasteiger partial charge on any atom is -0.341 e. The number of piperidine rings is 1. The molecule has 0 aliphatic carbocycles. The normalized spacial score (nSPS) is 24.9. The number of likely N-dealkylation sites (N-methyl/N-ethyl adjacent to an activating group) is 1. The van der Waals surface area contributed by atoms with Gasteiger partial charge in [0.15, 0.2) is 5.78 Å². The lowest BCUT2D eigenvalue weighted by Gasteiger charge is -2.34. The van der Waals surface area contributed by atoms with E-state index in [-0.39, 0.29) is 17.7 Å². The third-order valence-electron chi connectivity index (χ3n) is 3.33. The Balaban J connectivity index is 2.01. The molecule has 0 bridgehead atoms. The minimum atomic E-state index is -0.397. The van der Waals surface area contributed by atoms with E-state index in [9.17, 15) is 9.59 Å². The van der Waals surface area contributed by atoms with Crippen LogP contribution in [0.25, 0.3) is 0 Å². The van der Waals surface area contributed by atoms with Crippen molar-refractivity contribution in [3.05, 3.63) is 30.1 Å². The van der Waals surface area contributed by atoms with Gasteiger partial charge >= 0.3 is 0 Å². The van der Waals surface area contributed by atoms with Gasteiger partial charge in [0.2, 0.25) is 0 Å². The standard InChI is InChI=1S/C13H17N3O2/c1-9-7-11(12(17)8-16(9)2)15-13(18)10-5-3-4-6-14-10/h3-6,9,11H,7-8H2,1-2H3,(H,15,18). The average Bonchev–Trinajstić information content (AvgIpc) is 2.37. The van der Waals surface area contributed by atoms with Crippen LogP contribution in [0, 0.1) is 0 Å². The fraction of sp³-hybridized carbons (Fsp3) is 0.462. The van der Waals surface area contributed by atoms with Gasteiger partial charge in [-0.05, 0) is 32.5 Å². The molecule has 1 aliphatic rings. The molecule has 0 radical (unpaired) electrons. The van der Waals surface area contributed by atoms with Crippen molar-refractivity contribution in [2.75, 3.05) is 13.6 Å². The van der Waals surface area contributed by atoms with Crippen molar-refractivity contribution in [3.63, 3.8) is 0 Å². The molecule has 18 heavy (non-hydrogen) atoms. The van der Waals surface area contributed by atoms with Crippen molar-refractivity contribution in [2.45, 2.75) is 25.4 Å². The Morgan fingerprint density at radius 3 is 2.94 bits per heavy atom. The van der Waals surface area contributed by atoms with Crippen LogP contribution in [0.1, 0.15) is 23.8 Å². The molecule has 0 spiro atoms. The van der Waals surface area contributed by atoms with Crippen LogP contribution in [0.4, 0.5) is 0 Å². The Morgan fingerprint density at radius 2 is 2.28 bits per heavy atom. The number of Topliss-reactive ketones (excluding diaryl/α,β-unsaturated/α-hetero) is 1. The number of amides is 1. The quantitative estimate of drug-likeness (QED) is 0.825.